The summed E-state index contributed by atoms with van der Waals surface area (Å²) in [6, 6.07) is 7.71. The van der Waals surface area contributed by atoms with Crippen molar-refractivity contribution in [2.45, 2.75) is 6.92 Å². The van der Waals surface area contributed by atoms with Crippen molar-refractivity contribution >= 4 is 40.8 Å². The molecule has 26 heavy (non-hydrogen) atoms. The van der Waals surface area contributed by atoms with E-state index in [0.717, 1.165) is 0 Å². The number of hydrogen-bond donors (Lipinski definition) is 2. The number of nitrogens with one attached hydrogen (secondary N) is 2. The first kappa shape index (κ1) is 19.2. The van der Waals surface area contributed by atoms with Crippen molar-refractivity contribution in [1.29, 1.82) is 0 Å². The number of methoxy groups -OCH3 is 1. The maximum absolute atomic E-state index is 12.1. The number of carbonyl (C=O) groups excluding carboxylic acids is 3. The van der Waals surface area contributed by atoms with Gasteiger partial charge in [-0.15, -0.1) is 0 Å². The van der Waals surface area contributed by atoms with Gasteiger partial charge in [0.1, 0.15) is 10.9 Å². The Morgan fingerprint density at radius 2 is 1.96 bits per heavy atom. The topological polar surface area (TPSA) is 107 Å². The third-order valence-corrected chi connectivity index (χ3v) is 3.41. The molecule has 0 saturated heterocycles. The van der Waals surface area contributed by atoms with Gasteiger partial charge >= 0.3 is 5.97 Å². The fraction of sp³-hybridized carbons (Fsp3) is 0.176. The van der Waals surface area contributed by atoms with Crippen molar-refractivity contribution in [2.24, 2.45) is 0 Å². The van der Waals surface area contributed by atoms with E-state index in [-0.39, 0.29) is 16.6 Å². The van der Waals surface area contributed by atoms with Gasteiger partial charge in [-0.2, -0.15) is 0 Å². The minimum Gasteiger partial charge on any atom is -0.495 e. The van der Waals surface area contributed by atoms with E-state index in [1.54, 1.807) is 12.1 Å². The third kappa shape index (κ3) is 5.18. The number of rotatable bonds is 6. The molecular weight excluding hydrogens is 362 g/mol. The molecule has 1 aromatic heterocycles. The van der Waals surface area contributed by atoms with Gasteiger partial charge < -0.3 is 20.1 Å². The van der Waals surface area contributed by atoms with Crippen LogP contribution in [0.15, 0.2) is 36.5 Å². The van der Waals surface area contributed by atoms with Gasteiger partial charge in [0.15, 0.2) is 6.61 Å². The van der Waals surface area contributed by atoms with E-state index in [1.807, 2.05) is 0 Å². The summed E-state index contributed by atoms with van der Waals surface area (Å²) in [4.78, 5) is 38.9. The number of ether oxygens (including phenoxy) is 2. The minimum absolute atomic E-state index is 0.0115. The lowest BCUT2D eigenvalue weighted by Gasteiger charge is -2.12. The van der Waals surface area contributed by atoms with Gasteiger partial charge in [0.25, 0.3) is 5.91 Å². The molecule has 2 aromatic rings. The Hall–Kier alpha value is -3.13. The van der Waals surface area contributed by atoms with Crippen LogP contribution in [-0.4, -0.2) is 36.5 Å². The van der Waals surface area contributed by atoms with Crippen molar-refractivity contribution in [2.75, 3.05) is 24.4 Å². The van der Waals surface area contributed by atoms with Crippen LogP contribution in [0.1, 0.15) is 17.3 Å². The molecule has 0 radical (unpaired) electrons. The van der Waals surface area contributed by atoms with Crippen molar-refractivity contribution in [3.63, 3.8) is 0 Å². The number of nitrogens with zero attached hydrogens (tertiary/aromatic N) is 1. The third-order valence-electron chi connectivity index (χ3n) is 3.11. The molecule has 0 spiro atoms. The van der Waals surface area contributed by atoms with E-state index in [0.29, 0.717) is 17.1 Å². The molecule has 0 aliphatic rings. The zero-order valence-electron chi connectivity index (χ0n) is 14.0. The van der Waals surface area contributed by atoms with Crippen molar-refractivity contribution in [3.8, 4) is 5.75 Å². The molecule has 1 aromatic carbocycles. The van der Waals surface area contributed by atoms with Crippen LogP contribution in [0.3, 0.4) is 0 Å². The van der Waals surface area contributed by atoms with E-state index >= 15 is 0 Å². The molecule has 2 rings (SSSR count). The molecule has 136 valence electrons. The monoisotopic (exact) mass is 377 g/mol. The second-order valence-corrected chi connectivity index (χ2v) is 5.42. The first-order valence-corrected chi connectivity index (χ1v) is 7.81. The van der Waals surface area contributed by atoms with Gasteiger partial charge in [0.05, 0.1) is 18.4 Å². The number of benzene rings is 1. The molecular formula is C17H16ClN3O5. The fourth-order valence-corrected chi connectivity index (χ4v) is 2.22. The Labute approximate surface area is 154 Å². The van der Waals surface area contributed by atoms with E-state index in [9.17, 15) is 14.4 Å². The average Bonchev–Trinajstić information content (AvgIpc) is 2.60. The number of halogens is 1. The standard InChI is InChI=1S/C17H16ClN3O5/c1-10(22)20-11-5-6-14(25-2)13(8-11)21-15(23)9-26-17(24)12-4-3-7-19-16(12)18/h3-8H,9H2,1-2H3,(H,20,22)(H,21,23). The number of anilines is 2. The van der Waals surface area contributed by atoms with E-state index < -0.39 is 18.5 Å². The largest absolute Gasteiger partial charge is 0.495 e. The summed E-state index contributed by atoms with van der Waals surface area (Å²) < 4.78 is 10.1. The lowest BCUT2D eigenvalue weighted by atomic mass is 10.2. The van der Waals surface area contributed by atoms with Crippen LogP contribution in [0.25, 0.3) is 0 Å². The molecule has 0 saturated carbocycles. The molecule has 0 fully saturated rings. The molecule has 2 N–H and O–H groups in total. The van der Waals surface area contributed by atoms with Crippen molar-refractivity contribution in [1.82, 2.24) is 4.98 Å². The van der Waals surface area contributed by atoms with Crippen LogP contribution < -0.4 is 15.4 Å². The Kier molecular flexibility index (Phi) is 6.51. The summed E-state index contributed by atoms with van der Waals surface area (Å²) >= 11 is 5.80. The van der Waals surface area contributed by atoms with Crippen molar-refractivity contribution in [3.05, 3.63) is 47.2 Å². The predicted octanol–water partition coefficient (Wildman–Crippen LogP) is 2.50. The SMILES string of the molecule is COc1ccc(NC(C)=O)cc1NC(=O)COC(=O)c1cccnc1Cl. The van der Waals surface area contributed by atoms with Crippen LogP contribution >= 0.6 is 11.6 Å². The van der Waals surface area contributed by atoms with Crippen molar-refractivity contribution < 1.29 is 23.9 Å². The zero-order valence-corrected chi connectivity index (χ0v) is 14.8. The highest BCUT2D eigenvalue weighted by molar-refractivity contribution is 6.32. The number of amides is 2. The first-order chi connectivity index (χ1) is 12.4. The van der Waals surface area contributed by atoms with Gasteiger partial charge in [-0.3, -0.25) is 9.59 Å². The van der Waals surface area contributed by atoms with Gasteiger partial charge in [-0.25, -0.2) is 9.78 Å². The summed E-state index contributed by atoms with van der Waals surface area (Å²) in [6.45, 7) is 0.836. The maximum atomic E-state index is 12.1. The van der Waals surface area contributed by atoms with Crippen LogP contribution in [0.2, 0.25) is 5.15 Å². The fourth-order valence-electron chi connectivity index (χ4n) is 2.02. The number of hydrogen-bond acceptors (Lipinski definition) is 6. The summed E-state index contributed by atoms with van der Waals surface area (Å²) in [5, 5.41) is 5.14. The van der Waals surface area contributed by atoms with Crippen LogP contribution in [-0.2, 0) is 14.3 Å². The van der Waals surface area contributed by atoms with E-state index in [1.165, 1.54) is 38.4 Å². The van der Waals surface area contributed by atoms with E-state index in [2.05, 4.69) is 15.6 Å². The number of carbonyl (C=O) groups is 3. The highest BCUT2D eigenvalue weighted by atomic mass is 35.5. The second kappa shape index (κ2) is 8.82. The summed E-state index contributed by atoms with van der Waals surface area (Å²) in [5.74, 6) is -1.22. The first-order valence-electron chi connectivity index (χ1n) is 7.44. The molecule has 8 nitrogen and oxygen atoms in total. The lowest BCUT2D eigenvalue weighted by Crippen LogP contribution is -2.21. The van der Waals surface area contributed by atoms with Gasteiger partial charge in [-0.05, 0) is 30.3 Å². The smallest absolute Gasteiger partial charge is 0.341 e. The van der Waals surface area contributed by atoms with Gasteiger partial charge in [-0.1, -0.05) is 11.6 Å². The van der Waals surface area contributed by atoms with Crippen LogP contribution in [0.5, 0.6) is 5.75 Å². The number of aromatic nitrogens is 1. The summed E-state index contributed by atoms with van der Waals surface area (Å²) in [7, 11) is 1.44. The molecule has 0 bridgehead atoms. The normalized spacial score (nSPS) is 9.96. The molecule has 1 heterocycles. The van der Waals surface area contributed by atoms with Gasteiger partial charge in [0.2, 0.25) is 5.91 Å². The summed E-state index contributed by atoms with van der Waals surface area (Å²) in [6.07, 6.45) is 1.43. The highest BCUT2D eigenvalue weighted by Gasteiger charge is 2.15. The predicted molar refractivity (Wildman–Crippen MR) is 95.5 cm³/mol. The highest BCUT2D eigenvalue weighted by Crippen LogP contribution is 2.27. The zero-order chi connectivity index (χ0) is 19.1. The Morgan fingerprint density at radius 1 is 1.19 bits per heavy atom. The Bertz CT molecular complexity index is 841. The van der Waals surface area contributed by atoms with Gasteiger partial charge in [0, 0.05) is 18.8 Å². The number of pyridine rings is 1. The molecule has 9 heteroatoms. The molecule has 2 amide bonds. The van der Waals surface area contributed by atoms with Crippen LogP contribution in [0.4, 0.5) is 11.4 Å². The average molecular weight is 378 g/mol. The Balaban J connectivity index is 2.02. The molecule has 0 aliphatic heterocycles. The molecule has 0 aliphatic carbocycles. The summed E-state index contributed by atoms with van der Waals surface area (Å²) in [5.41, 5.74) is 0.860. The van der Waals surface area contributed by atoms with E-state index in [4.69, 9.17) is 21.1 Å². The minimum atomic E-state index is -0.766. The second-order valence-electron chi connectivity index (χ2n) is 5.06. The maximum Gasteiger partial charge on any atom is 0.341 e. The quantitative estimate of drug-likeness (QED) is 0.591. The molecule has 0 atom stereocenters. The Morgan fingerprint density at radius 3 is 2.62 bits per heavy atom. The lowest BCUT2D eigenvalue weighted by molar-refractivity contribution is -0.119. The number of esters is 1. The van der Waals surface area contributed by atoms with Crippen LogP contribution in [0, 0.1) is 0 Å². The molecule has 0 unspecified atom stereocenters.